The largest absolute Gasteiger partial charge is 0.534 e. The highest BCUT2D eigenvalue weighted by Crippen LogP contribution is 2.48. The summed E-state index contributed by atoms with van der Waals surface area (Å²) >= 11 is 0. The molecule has 1 aromatic rings. The van der Waals surface area contributed by atoms with Crippen molar-refractivity contribution in [3.05, 3.63) is 53.7 Å². The normalized spacial score (nSPS) is 28.4. The number of hydrogen-bond acceptors (Lipinski definition) is 26. The van der Waals surface area contributed by atoms with Gasteiger partial charge in [0.2, 0.25) is 0 Å². The fourth-order valence-corrected chi connectivity index (χ4v) is 17.2. The van der Waals surface area contributed by atoms with Crippen LogP contribution in [0.2, 0.25) is 0 Å². The average molecular weight is 1790 g/mol. The van der Waals surface area contributed by atoms with Gasteiger partial charge in [0, 0.05) is 99.1 Å². The molecule has 0 radical (unpaired) electrons. The topological polar surface area (TPSA) is 317 Å². The van der Waals surface area contributed by atoms with Gasteiger partial charge >= 0.3 is 67.8 Å². The molecular weight excluding hydrogens is 1670 g/mol. The Labute approximate surface area is 704 Å². The smallest absolute Gasteiger partial charge is 0.405 e. The molecule has 2 atom stereocenters. The van der Waals surface area contributed by atoms with Gasteiger partial charge in [-0.15, -0.1) is 3.71 Å². The maximum absolute atomic E-state index is 12.4. The zero-order valence-electron chi connectivity index (χ0n) is 73.3. The van der Waals surface area contributed by atoms with E-state index in [-0.39, 0.29) is 87.1 Å². The molecule has 6 aliphatic carbocycles. The van der Waals surface area contributed by atoms with Gasteiger partial charge in [-0.1, -0.05) is 24.3 Å². The van der Waals surface area contributed by atoms with Crippen LogP contribution >= 0.6 is 0 Å². The maximum Gasteiger partial charge on any atom is 0.534 e. The Hall–Kier alpha value is -3.63. The van der Waals surface area contributed by atoms with Crippen molar-refractivity contribution in [3.8, 4) is 0 Å². The second-order valence-electron chi connectivity index (χ2n) is 36.1. The molecular formula is C78H127B3F9NO26S3. The minimum absolute atomic E-state index is 0.0199. The Kier molecular flexibility index (Phi) is 34.6. The molecule has 13 rings (SSSR count). The number of ether oxygens (including phenoxy) is 10. The number of aliphatic hydroxyl groups is 1. The van der Waals surface area contributed by atoms with Gasteiger partial charge in [0.25, 0.3) is 0 Å². The van der Waals surface area contributed by atoms with Crippen LogP contribution in [0.15, 0.2) is 53.7 Å². The molecule has 27 nitrogen and oxygen atoms in total. The molecule has 0 amide bonds. The summed E-state index contributed by atoms with van der Waals surface area (Å²) in [6, 6.07) is 3.85. The molecule has 6 heterocycles. The number of carbonyl (C=O) groups is 2. The van der Waals surface area contributed by atoms with E-state index in [1.165, 1.54) is 18.7 Å². The predicted octanol–water partition coefficient (Wildman–Crippen LogP) is 15.1. The summed E-state index contributed by atoms with van der Waals surface area (Å²) in [5, 5.41) is 9.71. The highest BCUT2D eigenvalue weighted by atomic mass is 32.3. The number of nitrogens with zero attached hydrogens (tertiary/aromatic N) is 1. The van der Waals surface area contributed by atoms with Crippen molar-refractivity contribution >= 4 is 68.6 Å². The number of benzene rings is 1. The quantitative estimate of drug-likeness (QED) is 0.0931. The zero-order valence-corrected chi connectivity index (χ0v) is 75.7. The van der Waals surface area contributed by atoms with Crippen LogP contribution in [-0.4, -0.2) is 227 Å². The van der Waals surface area contributed by atoms with Crippen molar-refractivity contribution in [2.45, 2.75) is 354 Å². The van der Waals surface area contributed by atoms with E-state index in [1.807, 2.05) is 62.3 Å². The van der Waals surface area contributed by atoms with Crippen molar-refractivity contribution in [2.75, 3.05) is 71.8 Å². The van der Waals surface area contributed by atoms with Crippen molar-refractivity contribution in [1.29, 1.82) is 0 Å². The van der Waals surface area contributed by atoms with Crippen molar-refractivity contribution < 1.29 is 159 Å². The highest BCUT2D eigenvalue weighted by Gasteiger charge is 2.65. The number of methoxy groups -OCH3 is 4. The molecule has 6 aliphatic heterocycles. The van der Waals surface area contributed by atoms with Crippen LogP contribution in [0.5, 0.6) is 0 Å². The number of sulfonamides is 2. The van der Waals surface area contributed by atoms with Gasteiger partial charge in [-0.25, -0.2) is 0 Å². The number of anilines is 1. The third kappa shape index (κ3) is 27.2. The number of hydrogen-bond donors (Lipinski definition) is 1. The predicted molar refractivity (Wildman–Crippen MR) is 427 cm³/mol. The summed E-state index contributed by atoms with van der Waals surface area (Å²) < 4.78 is 270. The highest BCUT2D eigenvalue weighted by molar-refractivity contribution is 8.11. The monoisotopic (exact) mass is 1790 g/mol. The lowest BCUT2D eigenvalue weighted by molar-refractivity contribution is -0.203. The van der Waals surface area contributed by atoms with Crippen LogP contribution in [0.1, 0.15) is 259 Å². The van der Waals surface area contributed by atoms with E-state index in [9.17, 15) is 79.5 Å². The Morgan fingerprint density at radius 1 is 0.375 bits per heavy atom. The van der Waals surface area contributed by atoms with E-state index in [0.29, 0.717) is 88.7 Å². The summed E-state index contributed by atoms with van der Waals surface area (Å²) in [5.74, 6) is -0.408. The lowest BCUT2D eigenvalue weighted by Crippen LogP contribution is -2.49. The molecule has 690 valence electrons. The lowest BCUT2D eigenvalue weighted by atomic mass is 9.49. The summed E-state index contributed by atoms with van der Waals surface area (Å²) in [7, 11) is -13.5. The van der Waals surface area contributed by atoms with Crippen LogP contribution in [-0.2, 0) is 119 Å². The standard InChI is InChI=1S/C14H25BO3.C12H24B2O4.C10H18O3.C9H13F3O4S.C9H16O3.C8H5F6NO4S2.C8H12O3.C8H14O2/c1-12(2)13(3,4)18-15(17-12)11-7-9-14(5,16-6)10-8-11;1-9(2)10(3,4)16-13(15-9)14-17-11(5,6)12(7,8)18-14;1-9(11-2)3-5-10(6-4-9)12-7-8-13-10;1-8(15-2)5-3-7(4-6-8)16-17(13,14)9(10,11)12;1-8(10)2-4-9(5-3-8)11-6-7-12-9;9-7(10,11)20(16,17)15(6-4-2-1-3-5-6)21(18,19)8(12,13)14;9-7-1-3-8(4-2-7)10-5-6-11-8;1-8(10-2)5-3-7(9)4-6-8/h7H,8-10H2,1-6H3;1-8H3;3-8H2,1-2H3;3H,4-6H2,1-2H3;10H,2-7H2,1H3;1-5H;1-6H2;3-6H2,1-2H3. The van der Waals surface area contributed by atoms with E-state index in [4.69, 9.17) is 75.3 Å². The fourth-order valence-electron chi connectivity index (χ4n) is 13.9. The number of carbonyl (C=O) groups excluding carboxylic acids is 2. The number of para-hydroxylation sites is 1. The van der Waals surface area contributed by atoms with Gasteiger partial charge in [-0.05, 0) is 212 Å². The van der Waals surface area contributed by atoms with Crippen LogP contribution in [0.25, 0.3) is 0 Å². The van der Waals surface area contributed by atoms with E-state index >= 15 is 0 Å². The zero-order chi connectivity index (χ0) is 91.0. The Morgan fingerprint density at radius 2 is 0.675 bits per heavy atom. The van der Waals surface area contributed by atoms with Gasteiger partial charge in [-0.2, -0.15) is 64.8 Å². The molecule has 12 aliphatic rings. The average Bonchev–Trinajstić information content (AvgIpc) is 1.17. The number of halogens is 9. The van der Waals surface area contributed by atoms with Gasteiger partial charge in [-0.3, -0.25) is 9.59 Å². The van der Waals surface area contributed by atoms with Crippen LogP contribution in [0.4, 0.5) is 45.2 Å². The molecule has 120 heavy (non-hydrogen) atoms. The van der Waals surface area contributed by atoms with Crippen LogP contribution in [0, 0.1) is 0 Å². The number of Topliss-reactive ketones (excluding diaryl/α,β-unsaturated/α-hetero) is 2. The third-order valence-electron chi connectivity index (χ3n) is 25.2. The first-order chi connectivity index (χ1) is 54.7. The fraction of sp³-hybridized carbons (Fsp3) is 0.846. The van der Waals surface area contributed by atoms with Gasteiger partial charge in [0.15, 0.2) is 17.4 Å². The minimum atomic E-state index is -6.81. The van der Waals surface area contributed by atoms with E-state index < -0.39 is 81.3 Å². The Balaban J connectivity index is 0.000000215. The number of rotatable bonds is 11. The molecule has 3 spiro atoms. The third-order valence-corrected chi connectivity index (χ3v) is 29.9. The molecule has 4 saturated carbocycles. The van der Waals surface area contributed by atoms with Gasteiger partial charge < -0.3 is 84.6 Å². The van der Waals surface area contributed by atoms with E-state index in [0.717, 1.165) is 128 Å². The Morgan fingerprint density at radius 3 is 0.983 bits per heavy atom. The van der Waals surface area contributed by atoms with Crippen molar-refractivity contribution in [3.63, 3.8) is 0 Å². The molecule has 1 N–H and O–H groups in total. The van der Waals surface area contributed by atoms with Crippen molar-refractivity contribution in [2.24, 2.45) is 0 Å². The van der Waals surface area contributed by atoms with Gasteiger partial charge in [0.1, 0.15) is 17.3 Å². The second-order valence-corrected chi connectivity index (χ2v) is 41.5. The summed E-state index contributed by atoms with van der Waals surface area (Å²) in [6.07, 6.45) is 20.5. The van der Waals surface area contributed by atoms with E-state index in [2.05, 4.69) is 58.7 Å². The molecule has 42 heteroatoms. The van der Waals surface area contributed by atoms with Crippen molar-refractivity contribution in [1.82, 2.24) is 0 Å². The van der Waals surface area contributed by atoms with Gasteiger partial charge in [0.05, 0.1) is 107 Å². The molecule has 0 bridgehead atoms. The first kappa shape index (κ1) is 105. The molecule has 2 unspecified atom stereocenters. The number of ketones is 2. The first-order valence-corrected chi connectivity index (χ1v) is 44.7. The number of allylic oxidation sites excluding steroid dienone is 2. The lowest BCUT2D eigenvalue weighted by Gasteiger charge is -2.40. The minimum Gasteiger partial charge on any atom is -0.405 e. The molecule has 6 saturated heterocycles. The second kappa shape index (κ2) is 39.5. The molecule has 1 aromatic carbocycles. The van der Waals surface area contributed by atoms with E-state index in [1.54, 1.807) is 28.3 Å². The number of alkyl halides is 9. The SMILES string of the molecule is CC1(C)OB(B2OC(C)(C)C(C)(C)O2)OC1(C)C.CC1(O)CCC2(CC1)OCCO2.COC1(C)CC=C(B2OC(C)(C)C(C)(C)O2)CC1.COC1(C)CC=C(OS(=O)(=O)C(F)(F)F)CC1.COC1(C)CCC(=O)CC1.COC1(C)CCC2(CC1)OCCO2.O=C1CCC2(CC1)OCCO2.O=S(=O)(N(c1ccccc1)S(=O)(=O)C(F)(F)F)C(F)(F)F. The van der Waals surface area contributed by atoms with Crippen LogP contribution in [0.3, 0.4) is 0 Å². The van der Waals surface area contributed by atoms with Crippen LogP contribution < -0.4 is 3.71 Å². The molecule has 0 aromatic heterocycles. The Bertz CT molecular complexity index is 3790. The maximum atomic E-state index is 12.4. The summed E-state index contributed by atoms with van der Waals surface area (Å²) in [5.41, 5.74) is -20.8. The summed E-state index contributed by atoms with van der Waals surface area (Å²) in [6.45, 7) is 38.9. The first-order valence-electron chi connectivity index (χ1n) is 40.4. The molecule has 10 fully saturated rings. The summed E-state index contributed by atoms with van der Waals surface area (Å²) in [4.78, 5) is 21.7.